The summed E-state index contributed by atoms with van der Waals surface area (Å²) in [5.41, 5.74) is -0.426. The van der Waals surface area contributed by atoms with Gasteiger partial charge in [0.15, 0.2) is 5.69 Å². The minimum atomic E-state index is -1.02. The van der Waals surface area contributed by atoms with Crippen LogP contribution in [0.25, 0.3) is 0 Å². The van der Waals surface area contributed by atoms with Gasteiger partial charge >= 0.3 is 5.97 Å². The first-order valence-corrected chi connectivity index (χ1v) is 8.00. The first-order chi connectivity index (χ1) is 9.91. The summed E-state index contributed by atoms with van der Waals surface area (Å²) in [4.78, 5) is 29.2. The number of likely N-dealkylation sites (tertiary alicyclic amines) is 1. The van der Waals surface area contributed by atoms with Crippen molar-refractivity contribution in [1.29, 1.82) is 0 Å². The van der Waals surface area contributed by atoms with Gasteiger partial charge in [-0.2, -0.15) is 0 Å². The fraction of sp³-hybridized carbons (Fsp3) is 0.643. The van der Waals surface area contributed by atoms with Gasteiger partial charge in [0.25, 0.3) is 0 Å². The van der Waals surface area contributed by atoms with Crippen molar-refractivity contribution in [3.63, 3.8) is 0 Å². The first kappa shape index (κ1) is 15.9. The molecular formula is C14H21N3O3S. The monoisotopic (exact) mass is 311 g/mol. The largest absolute Gasteiger partial charge is 0.476 e. The highest BCUT2D eigenvalue weighted by molar-refractivity contribution is 7.09. The van der Waals surface area contributed by atoms with Crippen LogP contribution in [0.3, 0.4) is 0 Å². The second kappa shape index (κ2) is 6.53. The number of hydrogen-bond donors (Lipinski definition) is 2. The zero-order valence-corrected chi connectivity index (χ0v) is 13.2. The third kappa shape index (κ3) is 3.79. The SMILES string of the molecule is CC(C)(C(=O)NCCc1nc(C(=O)O)cs1)N1CCCC1. The van der Waals surface area contributed by atoms with Crippen molar-refractivity contribution in [3.05, 3.63) is 16.1 Å². The molecule has 0 aliphatic carbocycles. The van der Waals surface area contributed by atoms with E-state index in [0.29, 0.717) is 13.0 Å². The van der Waals surface area contributed by atoms with Gasteiger partial charge in [-0.3, -0.25) is 9.69 Å². The van der Waals surface area contributed by atoms with Gasteiger partial charge in [0.1, 0.15) is 0 Å². The number of rotatable bonds is 6. The standard InChI is InChI=1S/C14H21N3O3S/c1-14(2,17-7-3-4-8-17)13(20)15-6-5-11-16-10(9-21-11)12(18)19/h9H,3-8H2,1-2H3,(H,15,20)(H,18,19). The van der Waals surface area contributed by atoms with Crippen molar-refractivity contribution in [2.24, 2.45) is 0 Å². The van der Waals surface area contributed by atoms with Gasteiger partial charge in [-0.05, 0) is 39.8 Å². The minimum Gasteiger partial charge on any atom is -0.476 e. The average molecular weight is 311 g/mol. The summed E-state index contributed by atoms with van der Waals surface area (Å²) >= 11 is 1.31. The number of hydrogen-bond acceptors (Lipinski definition) is 5. The Morgan fingerprint density at radius 3 is 2.67 bits per heavy atom. The second-order valence-corrected chi connectivity index (χ2v) is 6.63. The lowest BCUT2D eigenvalue weighted by Crippen LogP contribution is -2.54. The van der Waals surface area contributed by atoms with Gasteiger partial charge in [0, 0.05) is 18.3 Å². The van der Waals surface area contributed by atoms with Crippen LogP contribution in [0.1, 0.15) is 42.2 Å². The molecule has 116 valence electrons. The van der Waals surface area contributed by atoms with E-state index in [1.165, 1.54) is 16.7 Å². The molecule has 0 spiro atoms. The number of nitrogens with one attached hydrogen (secondary N) is 1. The Kier molecular flexibility index (Phi) is 4.95. The van der Waals surface area contributed by atoms with E-state index in [0.717, 1.165) is 30.9 Å². The highest BCUT2D eigenvalue weighted by atomic mass is 32.1. The highest BCUT2D eigenvalue weighted by Gasteiger charge is 2.35. The molecule has 2 rings (SSSR count). The number of carbonyl (C=O) groups excluding carboxylic acids is 1. The number of aromatic carboxylic acids is 1. The predicted molar refractivity (Wildman–Crippen MR) is 80.7 cm³/mol. The highest BCUT2D eigenvalue weighted by Crippen LogP contribution is 2.21. The molecule has 0 aromatic carbocycles. The van der Waals surface area contributed by atoms with Crippen LogP contribution in [0.5, 0.6) is 0 Å². The maximum absolute atomic E-state index is 12.3. The quantitative estimate of drug-likeness (QED) is 0.829. The van der Waals surface area contributed by atoms with Crippen molar-refractivity contribution in [3.8, 4) is 0 Å². The molecule has 0 unspecified atom stereocenters. The number of amides is 1. The van der Waals surface area contributed by atoms with Crippen LogP contribution in [-0.4, -0.2) is 52.0 Å². The number of aromatic nitrogens is 1. The number of carboxylic acid groups (broad SMARTS) is 1. The molecule has 6 nitrogen and oxygen atoms in total. The summed E-state index contributed by atoms with van der Waals surface area (Å²) in [5.74, 6) is -1.00. The summed E-state index contributed by atoms with van der Waals surface area (Å²) in [5, 5.41) is 14.0. The maximum atomic E-state index is 12.3. The molecule has 1 aromatic heterocycles. The van der Waals surface area contributed by atoms with Gasteiger partial charge in [0.2, 0.25) is 5.91 Å². The Bertz CT molecular complexity index is 521. The van der Waals surface area contributed by atoms with Crippen LogP contribution in [-0.2, 0) is 11.2 Å². The van der Waals surface area contributed by atoms with E-state index in [-0.39, 0.29) is 11.6 Å². The van der Waals surface area contributed by atoms with Crippen molar-refractivity contribution in [2.75, 3.05) is 19.6 Å². The molecule has 0 atom stereocenters. The zero-order valence-electron chi connectivity index (χ0n) is 12.4. The molecule has 1 aromatic rings. The smallest absolute Gasteiger partial charge is 0.355 e. The Hall–Kier alpha value is -1.47. The molecule has 0 saturated carbocycles. The molecule has 1 aliphatic heterocycles. The van der Waals surface area contributed by atoms with Crippen LogP contribution in [0.4, 0.5) is 0 Å². The molecule has 2 heterocycles. The van der Waals surface area contributed by atoms with Crippen LogP contribution >= 0.6 is 11.3 Å². The van der Waals surface area contributed by atoms with Gasteiger partial charge in [-0.15, -0.1) is 11.3 Å². The van der Waals surface area contributed by atoms with E-state index in [2.05, 4.69) is 15.2 Å². The molecule has 0 radical (unpaired) electrons. The lowest BCUT2D eigenvalue weighted by Gasteiger charge is -2.33. The molecule has 7 heteroatoms. The lowest BCUT2D eigenvalue weighted by atomic mass is 10.0. The third-order valence-corrected chi connectivity index (χ3v) is 4.76. The van der Waals surface area contributed by atoms with E-state index < -0.39 is 11.5 Å². The molecule has 1 amide bonds. The van der Waals surface area contributed by atoms with Crippen molar-refractivity contribution < 1.29 is 14.7 Å². The Morgan fingerprint density at radius 1 is 1.43 bits per heavy atom. The van der Waals surface area contributed by atoms with E-state index in [9.17, 15) is 9.59 Å². The Balaban J connectivity index is 1.81. The molecule has 2 N–H and O–H groups in total. The maximum Gasteiger partial charge on any atom is 0.355 e. The van der Waals surface area contributed by atoms with Crippen LogP contribution in [0, 0.1) is 0 Å². The minimum absolute atomic E-state index is 0.0133. The molecule has 1 aliphatic rings. The summed E-state index contributed by atoms with van der Waals surface area (Å²) in [6, 6.07) is 0. The van der Waals surface area contributed by atoms with Crippen LogP contribution in [0.15, 0.2) is 5.38 Å². The Morgan fingerprint density at radius 2 is 2.10 bits per heavy atom. The molecular weight excluding hydrogens is 290 g/mol. The second-order valence-electron chi connectivity index (χ2n) is 5.69. The summed E-state index contributed by atoms with van der Waals surface area (Å²) < 4.78 is 0. The predicted octanol–water partition coefficient (Wildman–Crippen LogP) is 1.37. The number of thiazole rings is 1. The molecule has 21 heavy (non-hydrogen) atoms. The number of carbonyl (C=O) groups is 2. The number of nitrogens with zero attached hydrogens (tertiary/aromatic N) is 2. The average Bonchev–Trinajstić information content (AvgIpc) is 3.10. The topological polar surface area (TPSA) is 82.5 Å². The van der Waals surface area contributed by atoms with Crippen molar-refractivity contribution >= 4 is 23.2 Å². The fourth-order valence-corrected chi connectivity index (χ4v) is 3.22. The normalized spacial score (nSPS) is 16.1. The lowest BCUT2D eigenvalue weighted by molar-refractivity contribution is -0.131. The van der Waals surface area contributed by atoms with E-state index in [1.54, 1.807) is 0 Å². The van der Waals surface area contributed by atoms with Crippen molar-refractivity contribution in [2.45, 2.75) is 38.6 Å². The molecule has 1 fully saturated rings. The zero-order chi connectivity index (χ0) is 15.5. The van der Waals surface area contributed by atoms with Gasteiger partial charge in [0.05, 0.1) is 10.5 Å². The molecule has 0 bridgehead atoms. The summed E-state index contributed by atoms with van der Waals surface area (Å²) in [6.45, 7) is 6.30. The number of carboxylic acids is 1. The third-order valence-electron chi connectivity index (χ3n) is 3.85. The molecule has 1 saturated heterocycles. The van der Waals surface area contributed by atoms with Gasteiger partial charge in [-0.1, -0.05) is 0 Å². The van der Waals surface area contributed by atoms with E-state index >= 15 is 0 Å². The van der Waals surface area contributed by atoms with Gasteiger partial charge < -0.3 is 10.4 Å². The fourth-order valence-electron chi connectivity index (χ4n) is 2.44. The Labute approximate surface area is 128 Å². The summed E-state index contributed by atoms with van der Waals surface area (Å²) in [6.07, 6.45) is 2.85. The van der Waals surface area contributed by atoms with Crippen LogP contribution in [0.2, 0.25) is 0 Å². The van der Waals surface area contributed by atoms with Crippen molar-refractivity contribution in [1.82, 2.24) is 15.2 Å². The van der Waals surface area contributed by atoms with Crippen LogP contribution < -0.4 is 5.32 Å². The van der Waals surface area contributed by atoms with E-state index in [4.69, 9.17) is 5.11 Å². The summed E-state index contributed by atoms with van der Waals surface area (Å²) in [7, 11) is 0. The van der Waals surface area contributed by atoms with E-state index in [1.807, 2.05) is 13.8 Å². The first-order valence-electron chi connectivity index (χ1n) is 7.12. The van der Waals surface area contributed by atoms with Gasteiger partial charge in [-0.25, -0.2) is 9.78 Å².